The minimum Gasteiger partial charge on any atom is -0.335 e. The van der Waals surface area contributed by atoms with Crippen LogP contribution in [0.1, 0.15) is 43.2 Å². The van der Waals surface area contributed by atoms with E-state index in [1.807, 2.05) is 4.90 Å². The molecule has 1 atom stereocenters. The summed E-state index contributed by atoms with van der Waals surface area (Å²) in [4.78, 5) is 17.1. The van der Waals surface area contributed by atoms with Gasteiger partial charge in [-0.25, -0.2) is 4.39 Å². The Hall–Kier alpha value is -2.12. The van der Waals surface area contributed by atoms with Crippen molar-refractivity contribution in [2.75, 3.05) is 26.2 Å². The average molecular weight is 340 g/mol. The maximum absolute atomic E-state index is 13.4. The molecule has 1 amide bonds. The van der Waals surface area contributed by atoms with Gasteiger partial charge in [0.15, 0.2) is 0 Å². The molecule has 0 spiro atoms. The van der Waals surface area contributed by atoms with E-state index in [2.05, 4.69) is 10.8 Å². The smallest absolute Gasteiger partial charge is 0.246 e. The molecule has 3 nitrogen and oxygen atoms in total. The van der Waals surface area contributed by atoms with Gasteiger partial charge >= 0.3 is 0 Å². The molecule has 2 heterocycles. The fourth-order valence-electron chi connectivity index (χ4n) is 3.78. The lowest BCUT2D eigenvalue weighted by atomic mass is 10.1. The van der Waals surface area contributed by atoms with Crippen molar-refractivity contribution < 1.29 is 9.18 Å². The summed E-state index contributed by atoms with van der Waals surface area (Å²) in [5.74, 6) is 1.94. The number of nitrogens with zero attached hydrogens (tertiary/aromatic N) is 2. The lowest BCUT2D eigenvalue weighted by molar-refractivity contribution is -0.127. The molecule has 2 aliphatic rings. The van der Waals surface area contributed by atoms with Crippen molar-refractivity contribution in [2.45, 2.75) is 38.1 Å². The van der Waals surface area contributed by atoms with Crippen LogP contribution >= 0.6 is 0 Å². The number of hydrogen-bond donors (Lipinski definition) is 0. The molecular weight excluding hydrogens is 315 g/mol. The number of benzene rings is 1. The Bertz CT molecular complexity index is 686. The minimum absolute atomic E-state index is 0.0334. The van der Waals surface area contributed by atoms with Crippen LogP contribution < -0.4 is 0 Å². The number of carbonyl (C=O) groups is 1. The maximum atomic E-state index is 13.4. The van der Waals surface area contributed by atoms with Crippen LogP contribution in [0.4, 0.5) is 4.39 Å². The Kier molecular flexibility index (Phi) is 5.88. The van der Waals surface area contributed by atoms with Crippen molar-refractivity contribution in [1.29, 1.82) is 0 Å². The monoisotopic (exact) mass is 340 g/mol. The lowest BCUT2D eigenvalue weighted by Gasteiger charge is -2.32. The second-order valence-corrected chi connectivity index (χ2v) is 6.91. The third kappa shape index (κ3) is 4.49. The summed E-state index contributed by atoms with van der Waals surface area (Å²) in [5, 5.41) is 0. The van der Waals surface area contributed by atoms with Crippen LogP contribution in [0.15, 0.2) is 24.3 Å². The standard InChI is InChI=1S/C21H25FN2O/c1-2-18-15-17(8-10-20(18)22)9-11-21(25)24-14-6-7-19(24)16-23-12-4-3-5-13-23/h1,8-11,15,19H,3-7,12-14,16H2/b11-9+/t19-/m0/s1. The van der Waals surface area contributed by atoms with Crippen LogP contribution in [0.5, 0.6) is 0 Å². The van der Waals surface area contributed by atoms with E-state index in [0.717, 1.165) is 44.6 Å². The number of rotatable bonds is 4. The molecule has 0 bridgehead atoms. The van der Waals surface area contributed by atoms with Gasteiger partial charge in [0.2, 0.25) is 5.91 Å². The van der Waals surface area contributed by atoms with E-state index in [4.69, 9.17) is 6.42 Å². The highest BCUT2D eigenvalue weighted by Crippen LogP contribution is 2.21. The van der Waals surface area contributed by atoms with Crippen molar-refractivity contribution in [3.8, 4) is 12.3 Å². The Balaban J connectivity index is 1.62. The number of hydrogen-bond acceptors (Lipinski definition) is 2. The van der Waals surface area contributed by atoms with Crippen LogP contribution in [-0.4, -0.2) is 47.9 Å². The topological polar surface area (TPSA) is 23.6 Å². The first kappa shape index (κ1) is 17.7. The zero-order valence-corrected chi connectivity index (χ0v) is 14.6. The number of carbonyl (C=O) groups excluding carboxylic acids is 1. The van der Waals surface area contributed by atoms with Crippen molar-refractivity contribution in [2.24, 2.45) is 0 Å². The molecule has 0 saturated carbocycles. The van der Waals surface area contributed by atoms with Crippen LogP contribution in [0, 0.1) is 18.2 Å². The zero-order chi connectivity index (χ0) is 17.6. The van der Waals surface area contributed by atoms with Gasteiger partial charge in [0.25, 0.3) is 0 Å². The van der Waals surface area contributed by atoms with Gasteiger partial charge in [-0.3, -0.25) is 4.79 Å². The zero-order valence-electron chi connectivity index (χ0n) is 14.6. The van der Waals surface area contributed by atoms with Crippen molar-refractivity contribution in [1.82, 2.24) is 9.80 Å². The molecule has 0 N–H and O–H groups in total. The summed E-state index contributed by atoms with van der Waals surface area (Å²) in [6.45, 7) is 4.11. The van der Waals surface area contributed by atoms with Crippen molar-refractivity contribution in [3.63, 3.8) is 0 Å². The quantitative estimate of drug-likeness (QED) is 0.620. The molecule has 4 heteroatoms. The van der Waals surface area contributed by atoms with Gasteiger partial charge in [0, 0.05) is 25.2 Å². The number of piperidine rings is 1. The normalized spacial score (nSPS) is 21.6. The van der Waals surface area contributed by atoms with Crippen LogP contribution in [0.3, 0.4) is 0 Å². The van der Waals surface area contributed by atoms with Crippen LogP contribution in [0.2, 0.25) is 0 Å². The maximum Gasteiger partial charge on any atom is 0.246 e. The fourth-order valence-corrected chi connectivity index (χ4v) is 3.78. The summed E-state index contributed by atoms with van der Waals surface area (Å²) in [6.07, 6.45) is 14.6. The van der Waals surface area contributed by atoms with Crippen molar-refractivity contribution >= 4 is 12.0 Å². The summed E-state index contributed by atoms with van der Waals surface area (Å²) in [5.41, 5.74) is 0.966. The van der Waals surface area contributed by atoms with Crippen LogP contribution in [0.25, 0.3) is 6.08 Å². The highest BCUT2D eigenvalue weighted by atomic mass is 19.1. The minimum atomic E-state index is -0.410. The molecule has 3 rings (SSSR count). The summed E-state index contributed by atoms with van der Waals surface area (Å²) < 4.78 is 13.4. The Morgan fingerprint density at radius 1 is 1.24 bits per heavy atom. The molecule has 0 unspecified atom stereocenters. The van der Waals surface area contributed by atoms with E-state index >= 15 is 0 Å². The highest BCUT2D eigenvalue weighted by molar-refractivity contribution is 5.92. The second-order valence-electron chi connectivity index (χ2n) is 6.91. The second kappa shape index (κ2) is 8.31. The lowest BCUT2D eigenvalue weighted by Crippen LogP contribution is -2.44. The van der Waals surface area contributed by atoms with E-state index < -0.39 is 5.82 Å². The highest BCUT2D eigenvalue weighted by Gasteiger charge is 2.29. The summed E-state index contributed by atoms with van der Waals surface area (Å²) in [7, 11) is 0. The molecule has 0 aliphatic carbocycles. The predicted octanol–water partition coefficient (Wildman–Crippen LogP) is 3.30. The third-order valence-electron chi connectivity index (χ3n) is 5.14. The largest absolute Gasteiger partial charge is 0.335 e. The van der Waals surface area contributed by atoms with Gasteiger partial charge in [-0.1, -0.05) is 18.4 Å². The molecule has 2 saturated heterocycles. The number of likely N-dealkylation sites (tertiary alicyclic amines) is 2. The van der Waals surface area contributed by atoms with Gasteiger partial charge in [-0.15, -0.1) is 6.42 Å². The first-order valence-corrected chi connectivity index (χ1v) is 9.14. The molecule has 132 valence electrons. The van der Waals surface area contributed by atoms with Gasteiger partial charge < -0.3 is 9.80 Å². The number of amides is 1. The molecular formula is C21H25FN2O. The van der Waals surface area contributed by atoms with Gasteiger partial charge in [0.05, 0.1) is 5.56 Å². The van der Waals surface area contributed by atoms with E-state index in [1.54, 1.807) is 24.3 Å². The third-order valence-corrected chi connectivity index (χ3v) is 5.14. The van der Waals surface area contributed by atoms with Gasteiger partial charge in [0.1, 0.15) is 5.82 Å². The Labute approximate surface area is 149 Å². The Morgan fingerprint density at radius 2 is 2.04 bits per heavy atom. The molecule has 25 heavy (non-hydrogen) atoms. The van der Waals surface area contributed by atoms with Crippen LogP contribution in [-0.2, 0) is 4.79 Å². The van der Waals surface area contributed by atoms with E-state index in [0.29, 0.717) is 6.04 Å². The Morgan fingerprint density at radius 3 is 2.80 bits per heavy atom. The summed E-state index contributed by atoms with van der Waals surface area (Å²) in [6, 6.07) is 4.88. The van der Waals surface area contributed by atoms with Gasteiger partial charge in [-0.05, 0) is 62.5 Å². The van der Waals surface area contributed by atoms with E-state index in [-0.39, 0.29) is 11.5 Å². The molecule has 1 aromatic carbocycles. The molecule has 2 aliphatic heterocycles. The molecule has 0 aromatic heterocycles. The van der Waals surface area contributed by atoms with Crippen molar-refractivity contribution in [3.05, 3.63) is 41.2 Å². The molecule has 1 aromatic rings. The molecule has 0 radical (unpaired) electrons. The van der Waals surface area contributed by atoms with Gasteiger partial charge in [-0.2, -0.15) is 0 Å². The first-order valence-electron chi connectivity index (χ1n) is 9.14. The fraction of sp³-hybridized carbons (Fsp3) is 0.476. The number of terminal acetylenes is 1. The van der Waals surface area contributed by atoms with E-state index in [1.165, 1.54) is 25.3 Å². The van der Waals surface area contributed by atoms with E-state index in [9.17, 15) is 9.18 Å². The number of halogens is 1. The predicted molar refractivity (Wildman–Crippen MR) is 98.4 cm³/mol. The summed E-state index contributed by atoms with van der Waals surface area (Å²) >= 11 is 0. The first-order chi connectivity index (χ1) is 12.2. The average Bonchev–Trinajstić information content (AvgIpc) is 3.10. The SMILES string of the molecule is C#Cc1cc(/C=C/C(=O)N2CCC[C@H]2CN2CCCCC2)ccc1F. The molecule has 2 fully saturated rings.